The minimum Gasteiger partial charge on any atom is -0.372 e. The lowest BCUT2D eigenvalue weighted by Gasteiger charge is -2.36. The van der Waals surface area contributed by atoms with Crippen LogP contribution in [-0.2, 0) is 0 Å². The van der Waals surface area contributed by atoms with Crippen molar-refractivity contribution < 1.29 is 0 Å². The van der Waals surface area contributed by atoms with Crippen molar-refractivity contribution in [1.29, 1.82) is 0 Å². The van der Waals surface area contributed by atoms with E-state index in [0.29, 0.717) is 12.1 Å². The van der Waals surface area contributed by atoms with Gasteiger partial charge in [-0.1, -0.05) is 19.7 Å². The van der Waals surface area contributed by atoms with Crippen molar-refractivity contribution in [1.82, 2.24) is 15.1 Å². The van der Waals surface area contributed by atoms with E-state index in [-0.39, 0.29) is 0 Å². The highest BCUT2D eigenvalue weighted by atomic mass is 15.3. The molecule has 0 spiro atoms. The number of nitrogens with one attached hydrogen (secondary N) is 1. The Kier molecular flexibility index (Phi) is 6.86. The van der Waals surface area contributed by atoms with Gasteiger partial charge in [0.05, 0.1) is 5.82 Å². The Labute approximate surface area is 131 Å². The maximum atomic E-state index is 4.03. The van der Waals surface area contributed by atoms with E-state index in [9.17, 15) is 0 Å². The van der Waals surface area contributed by atoms with Gasteiger partial charge in [0, 0.05) is 36.6 Å². The maximum absolute atomic E-state index is 4.03. The van der Waals surface area contributed by atoms with E-state index < -0.39 is 0 Å². The average Bonchev–Trinajstić information content (AvgIpc) is 2.39. The molecule has 120 valence electrons. The summed E-state index contributed by atoms with van der Waals surface area (Å²) in [5.74, 6) is 1.08. The number of hydrogen-bond acceptors (Lipinski definition) is 3. The van der Waals surface area contributed by atoms with E-state index in [2.05, 4.69) is 62.5 Å². The van der Waals surface area contributed by atoms with Crippen LogP contribution >= 0.6 is 0 Å². The first kappa shape index (κ1) is 17.7. The third-order valence-corrected chi connectivity index (χ3v) is 4.00. The molecule has 0 saturated carbocycles. The van der Waals surface area contributed by atoms with Gasteiger partial charge in [0.25, 0.3) is 0 Å². The molecule has 0 amide bonds. The normalized spacial score (nSPS) is 19.6. The van der Waals surface area contributed by atoms with Crippen LogP contribution in [0.5, 0.6) is 0 Å². The van der Waals surface area contributed by atoms with E-state index in [1.54, 1.807) is 0 Å². The van der Waals surface area contributed by atoms with Gasteiger partial charge in [-0.25, -0.2) is 0 Å². The average molecular weight is 291 g/mol. The number of hydrogen-bond donors (Lipinski definition) is 1. The van der Waals surface area contributed by atoms with Crippen molar-refractivity contribution in [3.8, 4) is 0 Å². The molecule has 21 heavy (non-hydrogen) atoms. The van der Waals surface area contributed by atoms with Crippen LogP contribution in [0.1, 0.15) is 53.4 Å². The number of rotatable bonds is 2. The summed E-state index contributed by atoms with van der Waals surface area (Å²) in [5.41, 5.74) is 2.47. The predicted octanol–water partition coefficient (Wildman–Crippen LogP) is 4.07. The van der Waals surface area contributed by atoms with Gasteiger partial charge in [-0.3, -0.25) is 0 Å². The first-order valence-corrected chi connectivity index (χ1v) is 8.18. The Hall–Kier alpha value is -1.38. The number of allylic oxidation sites excluding steroid dienone is 2. The zero-order valence-electron chi connectivity index (χ0n) is 14.4. The Balaban J connectivity index is 0.000000211. The van der Waals surface area contributed by atoms with Gasteiger partial charge < -0.3 is 15.1 Å². The summed E-state index contributed by atoms with van der Waals surface area (Å²) in [7, 11) is 0. The Bertz CT molecular complexity index is 366. The van der Waals surface area contributed by atoms with Crippen molar-refractivity contribution in [2.24, 2.45) is 0 Å². The van der Waals surface area contributed by atoms with Crippen LogP contribution in [-0.4, -0.2) is 35.0 Å². The molecule has 2 heterocycles. The van der Waals surface area contributed by atoms with Crippen LogP contribution in [0.25, 0.3) is 0 Å². The van der Waals surface area contributed by atoms with E-state index in [0.717, 1.165) is 31.8 Å². The van der Waals surface area contributed by atoms with Gasteiger partial charge in [-0.15, -0.1) is 0 Å². The largest absolute Gasteiger partial charge is 0.372 e. The fourth-order valence-electron chi connectivity index (χ4n) is 2.98. The molecule has 0 atom stereocenters. The Morgan fingerprint density at radius 1 is 0.905 bits per heavy atom. The zero-order chi connectivity index (χ0) is 16.0. The van der Waals surface area contributed by atoms with E-state index >= 15 is 0 Å². The number of likely N-dealkylation sites (tertiary alicyclic amines) is 1. The van der Waals surface area contributed by atoms with Crippen molar-refractivity contribution in [3.63, 3.8) is 0 Å². The molecule has 0 unspecified atom stereocenters. The second-order valence-corrected chi connectivity index (χ2v) is 6.46. The summed E-state index contributed by atoms with van der Waals surface area (Å²) in [6.45, 7) is 23.0. The van der Waals surface area contributed by atoms with Gasteiger partial charge in [0.1, 0.15) is 0 Å². The molecule has 0 aromatic rings. The molecule has 0 aromatic heterocycles. The monoisotopic (exact) mass is 291 g/mol. The quantitative estimate of drug-likeness (QED) is 0.827. The summed E-state index contributed by atoms with van der Waals surface area (Å²) in [4.78, 5) is 4.55. The van der Waals surface area contributed by atoms with Gasteiger partial charge in [0.2, 0.25) is 0 Å². The molecule has 2 fully saturated rings. The fraction of sp³-hybridized carbons (Fsp3) is 0.667. The van der Waals surface area contributed by atoms with Gasteiger partial charge in [-0.2, -0.15) is 0 Å². The van der Waals surface area contributed by atoms with Crippen LogP contribution in [0, 0.1) is 0 Å². The number of piperidine rings is 1. The van der Waals surface area contributed by atoms with Crippen molar-refractivity contribution in [2.45, 2.75) is 65.5 Å². The predicted molar refractivity (Wildman–Crippen MR) is 92.7 cm³/mol. The molecule has 0 bridgehead atoms. The molecule has 0 aliphatic carbocycles. The lowest BCUT2D eigenvalue weighted by Crippen LogP contribution is -2.42. The highest BCUT2D eigenvalue weighted by Crippen LogP contribution is 2.28. The molecular formula is C18H33N3. The van der Waals surface area contributed by atoms with Crippen LogP contribution in [0.4, 0.5) is 0 Å². The van der Waals surface area contributed by atoms with Crippen LogP contribution < -0.4 is 5.32 Å². The SMILES string of the molecule is C=C1CCCC(=C)N1C(C)C.C=C1NCCCN1C(C)C. The Morgan fingerprint density at radius 3 is 1.81 bits per heavy atom. The summed E-state index contributed by atoms with van der Waals surface area (Å²) in [6, 6.07) is 1.11. The highest BCUT2D eigenvalue weighted by molar-refractivity contribution is 5.12. The third kappa shape index (κ3) is 5.14. The van der Waals surface area contributed by atoms with Crippen molar-refractivity contribution >= 4 is 0 Å². The van der Waals surface area contributed by atoms with Crippen molar-refractivity contribution in [2.75, 3.05) is 13.1 Å². The Morgan fingerprint density at radius 2 is 1.48 bits per heavy atom. The third-order valence-electron chi connectivity index (χ3n) is 4.00. The van der Waals surface area contributed by atoms with Gasteiger partial charge in [0.15, 0.2) is 0 Å². The highest BCUT2D eigenvalue weighted by Gasteiger charge is 2.18. The first-order valence-electron chi connectivity index (χ1n) is 8.18. The van der Waals surface area contributed by atoms with Crippen LogP contribution in [0.2, 0.25) is 0 Å². The number of nitrogens with zero attached hydrogens (tertiary/aromatic N) is 2. The minimum absolute atomic E-state index is 0.523. The fourth-order valence-corrected chi connectivity index (χ4v) is 2.98. The molecule has 3 heteroatoms. The van der Waals surface area contributed by atoms with Crippen LogP contribution in [0.15, 0.2) is 37.0 Å². The van der Waals surface area contributed by atoms with Gasteiger partial charge in [-0.05, 0) is 53.4 Å². The van der Waals surface area contributed by atoms with Crippen LogP contribution in [0.3, 0.4) is 0 Å². The second kappa shape index (κ2) is 8.16. The summed E-state index contributed by atoms with van der Waals surface area (Å²) < 4.78 is 0. The topological polar surface area (TPSA) is 18.5 Å². The van der Waals surface area contributed by atoms with Gasteiger partial charge >= 0.3 is 0 Å². The summed E-state index contributed by atoms with van der Waals surface area (Å²) in [6.07, 6.45) is 4.73. The first-order chi connectivity index (χ1) is 9.84. The van der Waals surface area contributed by atoms with E-state index in [1.807, 2.05) is 0 Å². The standard InChI is InChI=1S/C10H17N.C8H16N2/c1-8(2)11-9(3)6-5-7-10(11)4;1-7(2)10-6-4-5-9-8(10)3/h8H,3-7H2,1-2H3;7,9H,3-6H2,1-2H3. The molecule has 0 radical (unpaired) electrons. The minimum atomic E-state index is 0.523. The maximum Gasteiger partial charge on any atom is 0.0941 e. The lowest BCUT2D eigenvalue weighted by atomic mass is 10.0. The molecule has 2 rings (SSSR count). The molecule has 2 saturated heterocycles. The van der Waals surface area contributed by atoms with E-state index in [1.165, 1.54) is 24.2 Å². The van der Waals surface area contributed by atoms with Crippen molar-refractivity contribution in [3.05, 3.63) is 37.0 Å². The molecule has 0 aromatic carbocycles. The van der Waals surface area contributed by atoms with E-state index in [4.69, 9.17) is 0 Å². The molecule has 1 N–H and O–H groups in total. The molecular weight excluding hydrogens is 258 g/mol. The lowest BCUT2D eigenvalue weighted by molar-refractivity contribution is 0.235. The molecule has 2 aliphatic heterocycles. The summed E-state index contributed by atoms with van der Waals surface area (Å²) >= 11 is 0. The zero-order valence-corrected chi connectivity index (χ0v) is 14.4. The molecule has 3 nitrogen and oxygen atoms in total. The summed E-state index contributed by atoms with van der Waals surface area (Å²) in [5, 5.41) is 3.24. The second-order valence-electron chi connectivity index (χ2n) is 6.46. The molecule has 2 aliphatic rings. The smallest absolute Gasteiger partial charge is 0.0941 e.